The average Bonchev–Trinajstić information content (AvgIpc) is 2.69. The van der Waals surface area contributed by atoms with Gasteiger partial charge in [0.2, 0.25) is 0 Å². The van der Waals surface area contributed by atoms with Gasteiger partial charge in [-0.2, -0.15) is 0 Å². The molecule has 0 aromatic heterocycles. The summed E-state index contributed by atoms with van der Waals surface area (Å²) in [7, 11) is 0. The molecule has 0 fully saturated rings. The van der Waals surface area contributed by atoms with Gasteiger partial charge in [-0.05, 0) is 30.5 Å². The van der Waals surface area contributed by atoms with E-state index in [4.69, 9.17) is 5.11 Å². The highest BCUT2D eigenvalue weighted by molar-refractivity contribution is 5.82. The van der Waals surface area contributed by atoms with Gasteiger partial charge in [0, 0.05) is 0 Å². The molecule has 0 spiro atoms. The normalized spacial score (nSPS) is 17.9. The lowest BCUT2D eigenvalue weighted by Crippen LogP contribution is -2.32. The summed E-state index contributed by atoms with van der Waals surface area (Å²) in [5.74, 6) is -0.650. The van der Waals surface area contributed by atoms with Gasteiger partial charge < -0.3 is 10.2 Å². The third-order valence-electron chi connectivity index (χ3n) is 2.93. The van der Waals surface area contributed by atoms with Crippen LogP contribution in [-0.4, -0.2) is 16.2 Å². The van der Waals surface area contributed by atoms with Gasteiger partial charge in [0.05, 0.1) is 5.41 Å². The minimum atomic E-state index is -0.826. The Morgan fingerprint density at radius 2 is 1.67 bits per heavy atom. The van der Waals surface area contributed by atoms with Crippen LogP contribution in [0.2, 0.25) is 0 Å². The predicted molar refractivity (Wildman–Crippen MR) is 55.8 cm³/mol. The lowest BCUT2D eigenvalue weighted by atomic mass is 9.78. The van der Waals surface area contributed by atoms with Crippen molar-refractivity contribution in [1.82, 2.24) is 0 Å². The lowest BCUT2D eigenvalue weighted by Gasteiger charge is -2.24. The molecule has 0 saturated heterocycles. The summed E-state index contributed by atoms with van der Waals surface area (Å²) >= 11 is 0. The van der Waals surface area contributed by atoms with E-state index in [1.54, 1.807) is 12.1 Å². The summed E-state index contributed by atoms with van der Waals surface area (Å²) < 4.78 is 0. The maximum Gasteiger partial charge on any atom is 0.314 e. The molecule has 15 heavy (non-hydrogen) atoms. The van der Waals surface area contributed by atoms with Crippen LogP contribution in [0.4, 0.5) is 0 Å². The predicted octanol–water partition coefficient (Wildman–Crippen LogP) is 2.06. The number of hydrogen-bond donors (Lipinski definition) is 2. The van der Waals surface area contributed by atoms with Crippen molar-refractivity contribution in [2.24, 2.45) is 0 Å². The van der Waals surface area contributed by atoms with Crippen LogP contribution >= 0.6 is 0 Å². The third-order valence-corrected chi connectivity index (χ3v) is 2.93. The fourth-order valence-electron chi connectivity index (χ4n) is 1.97. The molecule has 0 unspecified atom stereocenters. The van der Waals surface area contributed by atoms with Crippen LogP contribution in [-0.2, 0) is 10.2 Å². The number of aliphatic carboxylic acids is 1. The van der Waals surface area contributed by atoms with Crippen molar-refractivity contribution in [3.05, 3.63) is 42.0 Å². The topological polar surface area (TPSA) is 57.5 Å². The Bertz CT molecular complexity index is 395. The molecule has 1 aromatic rings. The number of carboxylic acid groups (broad SMARTS) is 1. The van der Waals surface area contributed by atoms with Gasteiger partial charge in [-0.3, -0.25) is 4.79 Å². The highest BCUT2D eigenvalue weighted by Crippen LogP contribution is 2.37. The van der Waals surface area contributed by atoms with Crippen molar-refractivity contribution >= 4 is 5.97 Å². The molecular formula is C12H12O3. The fraction of sp³-hybridized carbons (Fsp3) is 0.250. The minimum absolute atomic E-state index is 0.158. The molecule has 1 aromatic carbocycles. The van der Waals surface area contributed by atoms with Gasteiger partial charge in [0.1, 0.15) is 5.75 Å². The monoisotopic (exact) mass is 204 g/mol. The van der Waals surface area contributed by atoms with Gasteiger partial charge in [-0.25, -0.2) is 0 Å². The van der Waals surface area contributed by atoms with Crippen molar-refractivity contribution in [3.63, 3.8) is 0 Å². The fourth-order valence-corrected chi connectivity index (χ4v) is 1.97. The van der Waals surface area contributed by atoms with Gasteiger partial charge in [0.15, 0.2) is 0 Å². The first-order chi connectivity index (χ1) is 7.15. The highest BCUT2D eigenvalue weighted by Gasteiger charge is 2.40. The smallest absolute Gasteiger partial charge is 0.314 e. The maximum absolute atomic E-state index is 11.3. The van der Waals surface area contributed by atoms with Crippen molar-refractivity contribution in [2.75, 3.05) is 0 Å². The van der Waals surface area contributed by atoms with E-state index in [2.05, 4.69) is 0 Å². The average molecular weight is 204 g/mol. The van der Waals surface area contributed by atoms with Gasteiger partial charge in [-0.15, -0.1) is 0 Å². The molecule has 0 atom stereocenters. The first kappa shape index (κ1) is 9.77. The van der Waals surface area contributed by atoms with E-state index in [0.717, 1.165) is 5.56 Å². The van der Waals surface area contributed by atoms with E-state index < -0.39 is 11.4 Å². The van der Waals surface area contributed by atoms with Crippen LogP contribution in [0, 0.1) is 0 Å². The zero-order valence-electron chi connectivity index (χ0n) is 8.18. The first-order valence-corrected chi connectivity index (χ1v) is 4.83. The van der Waals surface area contributed by atoms with Crippen LogP contribution in [0.1, 0.15) is 18.4 Å². The van der Waals surface area contributed by atoms with Crippen molar-refractivity contribution < 1.29 is 15.0 Å². The highest BCUT2D eigenvalue weighted by atomic mass is 16.4. The second kappa shape index (κ2) is 3.42. The number of carbonyl (C=O) groups is 1. The number of hydrogen-bond acceptors (Lipinski definition) is 2. The summed E-state index contributed by atoms with van der Waals surface area (Å²) in [6.45, 7) is 0. The van der Waals surface area contributed by atoms with Crippen LogP contribution in [0.25, 0.3) is 0 Å². The van der Waals surface area contributed by atoms with E-state index in [0.29, 0.717) is 12.8 Å². The zero-order valence-corrected chi connectivity index (χ0v) is 8.18. The number of phenols is 1. The summed E-state index contributed by atoms with van der Waals surface area (Å²) in [4.78, 5) is 11.3. The number of benzene rings is 1. The van der Waals surface area contributed by atoms with E-state index in [1.165, 1.54) is 12.1 Å². The van der Waals surface area contributed by atoms with Gasteiger partial charge in [-0.1, -0.05) is 24.3 Å². The number of rotatable bonds is 2. The molecule has 0 aliphatic heterocycles. The molecule has 0 heterocycles. The summed E-state index contributed by atoms with van der Waals surface area (Å²) in [6.07, 6.45) is 4.82. The Labute approximate surface area is 87.7 Å². The zero-order chi connectivity index (χ0) is 10.9. The Hall–Kier alpha value is -1.77. The lowest BCUT2D eigenvalue weighted by molar-refractivity contribution is -0.143. The first-order valence-electron chi connectivity index (χ1n) is 4.83. The molecular weight excluding hydrogens is 192 g/mol. The quantitative estimate of drug-likeness (QED) is 0.725. The molecule has 0 amide bonds. The SMILES string of the molecule is O=C(O)C1(c2ccc(O)cc2)CC=CC1. The van der Waals surface area contributed by atoms with Crippen LogP contribution in [0.5, 0.6) is 5.75 Å². The van der Waals surface area contributed by atoms with E-state index in [9.17, 15) is 9.90 Å². The third kappa shape index (κ3) is 1.50. The van der Waals surface area contributed by atoms with E-state index in [1.807, 2.05) is 12.2 Å². The molecule has 78 valence electrons. The summed E-state index contributed by atoms with van der Waals surface area (Å²) in [5.41, 5.74) is -0.0777. The van der Waals surface area contributed by atoms with Crippen LogP contribution < -0.4 is 0 Å². The Kier molecular flexibility index (Phi) is 2.23. The Morgan fingerprint density at radius 1 is 1.13 bits per heavy atom. The van der Waals surface area contributed by atoms with E-state index >= 15 is 0 Å². The minimum Gasteiger partial charge on any atom is -0.508 e. The summed E-state index contributed by atoms with van der Waals surface area (Å²) in [6, 6.07) is 6.41. The standard InChI is InChI=1S/C12H12O3/c13-10-5-3-9(4-6-10)12(11(14)15)7-1-2-8-12/h1-6,13H,7-8H2,(H,14,15). The molecule has 0 radical (unpaired) electrons. The maximum atomic E-state index is 11.3. The molecule has 2 N–H and O–H groups in total. The summed E-state index contributed by atoms with van der Waals surface area (Å²) in [5, 5.41) is 18.4. The number of carboxylic acids is 1. The molecule has 3 nitrogen and oxygen atoms in total. The molecule has 0 saturated carbocycles. The Morgan fingerprint density at radius 3 is 2.13 bits per heavy atom. The molecule has 1 aliphatic rings. The molecule has 3 heteroatoms. The van der Waals surface area contributed by atoms with Crippen LogP contribution in [0.3, 0.4) is 0 Å². The number of phenolic OH excluding ortho intramolecular Hbond substituents is 1. The van der Waals surface area contributed by atoms with Crippen molar-refractivity contribution in [2.45, 2.75) is 18.3 Å². The largest absolute Gasteiger partial charge is 0.508 e. The second-order valence-electron chi connectivity index (χ2n) is 3.81. The van der Waals surface area contributed by atoms with Gasteiger partial charge >= 0.3 is 5.97 Å². The molecule has 1 aliphatic carbocycles. The molecule has 0 bridgehead atoms. The van der Waals surface area contributed by atoms with Crippen LogP contribution in [0.15, 0.2) is 36.4 Å². The van der Waals surface area contributed by atoms with Crippen molar-refractivity contribution in [1.29, 1.82) is 0 Å². The number of aromatic hydroxyl groups is 1. The Balaban J connectivity index is 2.42. The van der Waals surface area contributed by atoms with Crippen molar-refractivity contribution in [3.8, 4) is 5.75 Å². The number of allylic oxidation sites excluding steroid dienone is 2. The molecule has 2 rings (SSSR count). The second-order valence-corrected chi connectivity index (χ2v) is 3.81. The van der Waals surface area contributed by atoms with E-state index in [-0.39, 0.29) is 5.75 Å². The van der Waals surface area contributed by atoms with Gasteiger partial charge in [0.25, 0.3) is 0 Å².